The minimum absolute atomic E-state index is 0. The fourth-order valence-electron chi connectivity index (χ4n) is 1.88. The fourth-order valence-corrected chi connectivity index (χ4v) is 1.88. The van der Waals surface area contributed by atoms with Crippen molar-refractivity contribution in [2.45, 2.75) is 37.5 Å². The molecule has 1 spiro atoms. The zero-order valence-corrected chi connectivity index (χ0v) is 8.06. The molecule has 1 aliphatic carbocycles. The third-order valence-electron chi connectivity index (χ3n) is 2.66. The SMILES string of the molecule is CC1CNC2(CO1)CC(O)C2.Cl. The predicted molar refractivity (Wildman–Crippen MR) is 48.6 cm³/mol. The highest BCUT2D eigenvalue weighted by Crippen LogP contribution is 2.34. The number of aliphatic hydroxyl groups excluding tert-OH is 1. The van der Waals surface area contributed by atoms with Crippen LogP contribution in [0.2, 0.25) is 0 Å². The van der Waals surface area contributed by atoms with Gasteiger partial charge in [0.1, 0.15) is 0 Å². The highest BCUT2D eigenvalue weighted by Gasteiger charge is 2.45. The van der Waals surface area contributed by atoms with Gasteiger partial charge in [-0.05, 0) is 19.8 Å². The van der Waals surface area contributed by atoms with Crippen LogP contribution in [0.5, 0.6) is 0 Å². The number of hydrogen-bond donors (Lipinski definition) is 2. The summed E-state index contributed by atoms with van der Waals surface area (Å²) in [6, 6.07) is 0. The molecule has 0 bridgehead atoms. The Balaban J connectivity index is 0.000000720. The Bertz CT molecular complexity index is 149. The number of morpholine rings is 1. The lowest BCUT2D eigenvalue weighted by molar-refractivity contribution is -0.0977. The molecule has 0 aromatic heterocycles. The first-order chi connectivity index (χ1) is 5.20. The molecule has 0 aromatic rings. The Hall–Kier alpha value is 0.170. The van der Waals surface area contributed by atoms with E-state index in [0.717, 1.165) is 26.0 Å². The zero-order valence-electron chi connectivity index (χ0n) is 7.25. The van der Waals surface area contributed by atoms with Gasteiger partial charge in [-0.3, -0.25) is 0 Å². The van der Waals surface area contributed by atoms with Gasteiger partial charge < -0.3 is 15.2 Å². The van der Waals surface area contributed by atoms with Crippen molar-refractivity contribution in [3.8, 4) is 0 Å². The summed E-state index contributed by atoms with van der Waals surface area (Å²) >= 11 is 0. The molecular weight excluding hydrogens is 178 g/mol. The Kier molecular flexibility index (Phi) is 2.99. The van der Waals surface area contributed by atoms with Crippen LogP contribution in [-0.4, -0.2) is 36.0 Å². The lowest BCUT2D eigenvalue weighted by atomic mass is 9.74. The molecule has 1 aliphatic heterocycles. The van der Waals surface area contributed by atoms with Crippen LogP contribution in [0.4, 0.5) is 0 Å². The lowest BCUT2D eigenvalue weighted by Gasteiger charge is -2.49. The Morgan fingerprint density at radius 1 is 1.50 bits per heavy atom. The number of nitrogens with one attached hydrogen (secondary N) is 1. The van der Waals surface area contributed by atoms with Crippen LogP contribution in [0.25, 0.3) is 0 Å². The van der Waals surface area contributed by atoms with Crippen molar-refractivity contribution in [3.63, 3.8) is 0 Å². The summed E-state index contributed by atoms with van der Waals surface area (Å²) in [7, 11) is 0. The van der Waals surface area contributed by atoms with Gasteiger partial charge in [-0.2, -0.15) is 0 Å². The Morgan fingerprint density at radius 3 is 2.58 bits per heavy atom. The second-order valence-corrected chi connectivity index (χ2v) is 3.84. The molecule has 1 heterocycles. The maximum atomic E-state index is 9.14. The second kappa shape index (κ2) is 3.50. The van der Waals surface area contributed by atoms with Gasteiger partial charge in [0.25, 0.3) is 0 Å². The summed E-state index contributed by atoms with van der Waals surface area (Å²) in [6.45, 7) is 3.76. The third-order valence-corrected chi connectivity index (χ3v) is 2.66. The standard InChI is InChI=1S/C8H15NO2.ClH/c1-6-4-9-8(5-11-6)2-7(10)3-8;/h6-7,9-10H,2-5H2,1H3;1H. The smallest absolute Gasteiger partial charge is 0.0672 e. The van der Waals surface area contributed by atoms with Gasteiger partial charge >= 0.3 is 0 Å². The van der Waals surface area contributed by atoms with E-state index in [1.54, 1.807) is 0 Å². The number of halogens is 1. The second-order valence-electron chi connectivity index (χ2n) is 3.84. The summed E-state index contributed by atoms with van der Waals surface area (Å²) in [4.78, 5) is 0. The average Bonchev–Trinajstić information content (AvgIpc) is 1.92. The summed E-state index contributed by atoms with van der Waals surface area (Å²) < 4.78 is 5.51. The van der Waals surface area contributed by atoms with Gasteiger partial charge in [-0.1, -0.05) is 0 Å². The van der Waals surface area contributed by atoms with Crippen LogP contribution in [0.3, 0.4) is 0 Å². The lowest BCUT2D eigenvalue weighted by Crippen LogP contribution is -2.65. The molecule has 1 saturated heterocycles. The molecule has 2 fully saturated rings. The normalized spacial score (nSPS) is 46.5. The van der Waals surface area contributed by atoms with Crippen molar-refractivity contribution in [1.29, 1.82) is 0 Å². The topological polar surface area (TPSA) is 41.5 Å². The average molecular weight is 194 g/mol. The molecule has 0 aromatic carbocycles. The highest BCUT2D eigenvalue weighted by molar-refractivity contribution is 5.85. The van der Waals surface area contributed by atoms with E-state index in [1.165, 1.54) is 0 Å². The highest BCUT2D eigenvalue weighted by atomic mass is 35.5. The maximum Gasteiger partial charge on any atom is 0.0672 e. The molecule has 2 aliphatic rings. The molecule has 1 unspecified atom stereocenters. The van der Waals surface area contributed by atoms with Crippen LogP contribution in [0.1, 0.15) is 19.8 Å². The van der Waals surface area contributed by atoms with Crippen molar-refractivity contribution < 1.29 is 9.84 Å². The molecule has 4 heteroatoms. The van der Waals surface area contributed by atoms with Crippen molar-refractivity contribution in [2.24, 2.45) is 0 Å². The van der Waals surface area contributed by atoms with Gasteiger partial charge in [0, 0.05) is 12.1 Å². The Labute approximate surface area is 78.9 Å². The van der Waals surface area contributed by atoms with Crippen LogP contribution < -0.4 is 5.32 Å². The molecule has 0 radical (unpaired) electrons. The number of rotatable bonds is 0. The summed E-state index contributed by atoms with van der Waals surface area (Å²) in [5.74, 6) is 0. The fraction of sp³-hybridized carbons (Fsp3) is 1.00. The molecular formula is C8H16ClNO2. The summed E-state index contributed by atoms with van der Waals surface area (Å²) in [5.41, 5.74) is 0.131. The van der Waals surface area contributed by atoms with Gasteiger partial charge in [0.05, 0.1) is 18.8 Å². The van der Waals surface area contributed by atoms with Gasteiger partial charge in [0.15, 0.2) is 0 Å². The zero-order chi connectivity index (χ0) is 7.90. The minimum Gasteiger partial charge on any atom is -0.393 e. The van der Waals surface area contributed by atoms with E-state index in [1.807, 2.05) is 0 Å². The number of hydrogen-bond acceptors (Lipinski definition) is 3. The van der Waals surface area contributed by atoms with Crippen LogP contribution in [0.15, 0.2) is 0 Å². The molecule has 1 saturated carbocycles. The maximum absolute atomic E-state index is 9.14. The van der Waals surface area contributed by atoms with E-state index in [0.29, 0.717) is 6.10 Å². The van der Waals surface area contributed by atoms with Crippen LogP contribution in [0, 0.1) is 0 Å². The largest absolute Gasteiger partial charge is 0.393 e. The number of ether oxygens (including phenoxy) is 1. The molecule has 12 heavy (non-hydrogen) atoms. The predicted octanol–water partition coefficient (Wildman–Crippen LogP) is 0.310. The summed E-state index contributed by atoms with van der Waals surface area (Å²) in [5, 5.41) is 12.6. The van der Waals surface area contributed by atoms with E-state index < -0.39 is 0 Å². The molecule has 72 valence electrons. The molecule has 1 atom stereocenters. The molecule has 2 rings (SSSR count). The van der Waals surface area contributed by atoms with E-state index in [-0.39, 0.29) is 24.0 Å². The van der Waals surface area contributed by atoms with Crippen LogP contribution in [-0.2, 0) is 4.74 Å². The van der Waals surface area contributed by atoms with E-state index >= 15 is 0 Å². The first kappa shape index (κ1) is 10.3. The minimum atomic E-state index is -0.0977. The van der Waals surface area contributed by atoms with Crippen LogP contribution >= 0.6 is 12.4 Å². The van der Waals surface area contributed by atoms with Gasteiger partial charge in [0.2, 0.25) is 0 Å². The monoisotopic (exact) mass is 193 g/mol. The Morgan fingerprint density at radius 2 is 2.17 bits per heavy atom. The van der Waals surface area contributed by atoms with Crippen molar-refractivity contribution in [2.75, 3.05) is 13.2 Å². The van der Waals surface area contributed by atoms with Gasteiger partial charge in [-0.25, -0.2) is 0 Å². The molecule has 3 nitrogen and oxygen atoms in total. The number of aliphatic hydroxyl groups is 1. The molecule has 0 amide bonds. The molecule has 2 N–H and O–H groups in total. The van der Waals surface area contributed by atoms with E-state index in [2.05, 4.69) is 12.2 Å². The first-order valence-corrected chi connectivity index (χ1v) is 4.25. The van der Waals surface area contributed by atoms with Crippen molar-refractivity contribution in [3.05, 3.63) is 0 Å². The van der Waals surface area contributed by atoms with E-state index in [4.69, 9.17) is 9.84 Å². The van der Waals surface area contributed by atoms with Gasteiger partial charge in [-0.15, -0.1) is 12.4 Å². The van der Waals surface area contributed by atoms with Crippen molar-refractivity contribution >= 4 is 12.4 Å². The first-order valence-electron chi connectivity index (χ1n) is 4.25. The third kappa shape index (κ3) is 1.74. The van der Waals surface area contributed by atoms with E-state index in [9.17, 15) is 0 Å². The van der Waals surface area contributed by atoms with Crippen molar-refractivity contribution in [1.82, 2.24) is 5.32 Å². The quantitative estimate of drug-likeness (QED) is 0.582. The summed E-state index contributed by atoms with van der Waals surface area (Å²) in [6.07, 6.45) is 1.96.